The summed E-state index contributed by atoms with van der Waals surface area (Å²) in [5.74, 6) is 0. The number of hydrazone groups is 1. The molecule has 1 unspecified atom stereocenters. The molecule has 4 rings (SSSR count). The number of nitrogen functional groups attached to an aromatic ring is 1. The van der Waals surface area contributed by atoms with Crippen molar-refractivity contribution in [2.45, 2.75) is 12.5 Å². The zero-order valence-corrected chi connectivity index (χ0v) is 16.5. The molecule has 0 aromatic heterocycles. The fraction of sp³-hybridized carbons (Fsp3) is 0.0952. The van der Waals surface area contributed by atoms with Gasteiger partial charge in [-0.1, -0.05) is 46.9 Å². The summed E-state index contributed by atoms with van der Waals surface area (Å²) in [4.78, 5) is 0. The smallest absolute Gasteiger partial charge is 0.0831 e. The molecule has 0 spiro atoms. The van der Waals surface area contributed by atoms with Crippen LogP contribution in [-0.2, 0) is 0 Å². The molecule has 6 heteroatoms. The maximum Gasteiger partial charge on any atom is 0.0831 e. The molecular weight excluding hydrogens is 401 g/mol. The molecule has 136 valence electrons. The van der Waals surface area contributed by atoms with Crippen molar-refractivity contribution in [3.05, 3.63) is 81.3 Å². The lowest BCUT2D eigenvalue weighted by molar-refractivity contribution is 0.711. The zero-order chi connectivity index (χ0) is 19.0. The van der Waals surface area contributed by atoms with E-state index in [0.717, 1.165) is 34.5 Å². The number of benzene rings is 3. The van der Waals surface area contributed by atoms with Crippen LogP contribution in [0, 0.1) is 0 Å². The Hall–Kier alpha value is -2.20. The minimum atomic E-state index is 0.0348. The van der Waals surface area contributed by atoms with Crippen molar-refractivity contribution in [3.8, 4) is 11.1 Å². The van der Waals surface area contributed by atoms with E-state index in [-0.39, 0.29) is 6.04 Å². The van der Waals surface area contributed by atoms with Gasteiger partial charge in [0.25, 0.3) is 0 Å². The summed E-state index contributed by atoms with van der Waals surface area (Å²) in [6.45, 7) is 0. The van der Waals surface area contributed by atoms with Gasteiger partial charge in [-0.2, -0.15) is 5.10 Å². The summed E-state index contributed by atoms with van der Waals surface area (Å²) < 4.78 is 0. The quantitative estimate of drug-likeness (QED) is 0.475. The van der Waals surface area contributed by atoms with E-state index < -0.39 is 0 Å². The Bertz CT molecular complexity index is 1020. The molecule has 0 radical (unpaired) electrons. The number of hydrogen-bond donors (Lipinski definition) is 1. The normalized spacial score (nSPS) is 16.1. The molecule has 1 aliphatic heterocycles. The Balaban J connectivity index is 1.81. The first-order valence-corrected chi connectivity index (χ1v) is 9.58. The summed E-state index contributed by atoms with van der Waals surface area (Å²) in [6, 6.07) is 19.1. The molecule has 27 heavy (non-hydrogen) atoms. The Labute approximate surface area is 173 Å². The molecule has 3 nitrogen and oxygen atoms in total. The summed E-state index contributed by atoms with van der Waals surface area (Å²) in [7, 11) is 0. The molecule has 3 aromatic carbocycles. The minimum Gasteiger partial charge on any atom is -0.399 e. The Morgan fingerprint density at radius 1 is 0.852 bits per heavy atom. The Kier molecular flexibility index (Phi) is 5.00. The molecule has 0 bridgehead atoms. The van der Waals surface area contributed by atoms with Crippen molar-refractivity contribution in [2.75, 3.05) is 10.7 Å². The van der Waals surface area contributed by atoms with E-state index in [9.17, 15) is 0 Å². The van der Waals surface area contributed by atoms with E-state index in [4.69, 9.17) is 40.5 Å². The average Bonchev–Trinajstić information content (AvgIpc) is 3.12. The summed E-state index contributed by atoms with van der Waals surface area (Å²) in [5, 5.41) is 8.40. The highest BCUT2D eigenvalue weighted by atomic mass is 35.5. The fourth-order valence-electron chi connectivity index (χ4n) is 3.31. The topological polar surface area (TPSA) is 41.6 Å². The van der Waals surface area contributed by atoms with E-state index in [1.165, 1.54) is 0 Å². The number of nitrogens with two attached hydrogens (primary N) is 1. The molecule has 1 atom stereocenters. The van der Waals surface area contributed by atoms with Crippen LogP contribution in [0.15, 0.2) is 65.8 Å². The average molecular weight is 417 g/mol. The SMILES string of the molecule is Nc1ccc(N2N=CCC2c2ccc(Cl)cc2-c2ccc(Cl)cc2Cl)cc1. The zero-order valence-electron chi connectivity index (χ0n) is 14.2. The van der Waals surface area contributed by atoms with Crippen LogP contribution < -0.4 is 10.7 Å². The van der Waals surface area contributed by atoms with Crippen molar-refractivity contribution in [1.82, 2.24) is 0 Å². The highest BCUT2D eigenvalue weighted by Crippen LogP contribution is 2.41. The van der Waals surface area contributed by atoms with Gasteiger partial charge in [-0.15, -0.1) is 0 Å². The fourth-order valence-corrected chi connectivity index (χ4v) is 3.99. The van der Waals surface area contributed by atoms with Gasteiger partial charge in [0, 0.05) is 39.0 Å². The predicted molar refractivity (Wildman–Crippen MR) is 116 cm³/mol. The third kappa shape index (κ3) is 3.63. The number of halogens is 3. The lowest BCUT2D eigenvalue weighted by atomic mass is 9.93. The van der Waals surface area contributed by atoms with Gasteiger partial charge in [0.15, 0.2) is 0 Å². The second-order valence-electron chi connectivity index (χ2n) is 6.34. The van der Waals surface area contributed by atoms with Crippen molar-refractivity contribution in [2.24, 2.45) is 5.10 Å². The van der Waals surface area contributed by atoms with Gasteiger partial charge in [-0.05, 0) is 59.7 Å². The first kappa shape index (κ1) is 18.2. The molecular formula is C21H16Cl3N3. The number of anilines is 2. The second-order valence-corrected chi connectivity index (χ2v) is 7.62. The van der Waals surface area contributed by atoms with Gasteiger partial charge in [-0.25, -0.2) is 0 Å². The van der Waals surface area contributed by atoms with Crippen LogP contribution in [0.1, 0.15) is 18.0 Å². The Morgan fingerprint density at radius 3 is 2.30 bits per heavy atom. The molecule has 0 fully saturated rings. The lowest BCUT2D eigenvalue weighted by Gasteiger charge is -2.26. The van der Waals surface area contributed by atoms with Crippen molar-refractivity contribution in [3.63, 3.8) is 0 Å². The van der Waals surface area contributed by atoms with Gasteiger partial charge >= 0.3 is 0 Å². The second kappa shape index (κ2) is 7.43. The van der Waals surface area contributed by atoms with E-state index >= 15 is 0 Å². The first-order chi connectivity index (χ1) is 13.0. The summed E-state index contributed by atoms with van der Waals surface area (Å²) in [6.07, 6.45) is 2.70. The van der Waals surface area contributed by atoms with Crippen LogP contribution in [0.4, 0.5) is 11.4 Å². The number of rotatable bonds is 3. The van der Waals surface area contributed by atoms with Crippen molar-refractivity contribution in [1.29, 1.82) is 0 Å². The first-order valence-electron chi connectivity index (χ1n) is 8.45. The predicted octanol–water partition coefficient (Wildman–Crippen LogP) is 6.83. The third-order valence-corrected chi connectivity index (χ3v) is 5.37. The maximum atomic E-state index is 6.48. The highest BCUT2D eigenvalue weighted by Gasteiger charge is 2.27. The van der Waals surface area contributed by atoms with E-state index in [2.05, 4.69) is 5.10 Å². The van der Waals surface area contributed by atoms with Gasteiger partial charge in [-0.3, -0.25) is 5.01 Å². The van der Waals surface area contributed by atoms with Gasteiger partial charge < -0.3 is 5.73 Å². The molecule has 1 aliphatic rings. The number of hydrogen-bond acceptors (Lipinski definition) is 3. The summed E-state index contributed by atoms with van der Waals surface area (Å²) >= 11 is 18.8. The monoisotopic (exact) mass is 415 g/mol. The lowest BCUT2D eigenvalue weighted by Crippen LogP contribution is -2.19. The van der Waals surface area contributed by atoms with Gasteiger partial charge in [0.05, 0.1) is 11.7 Å². The third-order valence-electron chi connectivity index (χ3n) is 4.58. The molecule has 2 N–H and O–H groups in total. The highest BCUT2D eigenvalue weighted by molar-refractivity contribution is 6.36. The minimum absolute atomic E-state index is 0.0348. The van der Waals surface area contributed by atoms with Gasteiger partial charge in [0.2, 0.25) is 0 Å². The van der Waals surface area contributed by atoms with Gasteiger partial charge in [0.1, 0.15) is 0 Å². The largest absolute Gasteiger partial charge is 0.399 e. The molecule has 0 saturated carbocycles. The standard InChI is InChI=1S/C21H16Cl3N3/c22-13-2-8-18(19(11-13)17-7-1-14(23)12-20(17)24)21-9-10-26-27(21)16-5-3-15(25)4-6-16/h1-8,10-12,21H,9,25H2. The van der Waals surface area contributed by atoms with Crippen LogP contribution in [-0.4, -0.2) is 6.21 Å². The van der Waals surface area contributed by atoms with Crippen LogP contribution in [0.5, 0.6) is 0 Å². The summed E-state index contributed by atoms with van der Waals surface area (Å²) in [5.41, 5.74) is 10.5. The van der Waals surface area contributed by atoms with Crippen LogP contribution in [0.3, 0.4) is 0 Å². The molecule has 0 aliphatic carbocycles. The van der Waals surface area contributed by atoms with Crippen molar-refractivity contribution >= 4 is 52.4 Å². The Morgan fingerprint density at radius 2 is 1.56 bits per heavy atom. The molecule has 0 saturated heterocycles. The van der Waals surface area contributed by atoms with Crippen molar-refractivity contribution < 1.29 is 0 Å². The van der Waals surface area contributed by atoms with Crippen LogP contribution in [0.25, 0.3) is 11.1 Å². The number of nitrogens with zero attached hydrogens (tertiary/aromatic N) is 2. The molecule has 0 amide bonds. The molecule has 3 aromatic rings. The molecule has 1 heterocycles. The van der Waals surface area contributed by atoms with E-state index in [1.807, 2.05) is 65.8 Å². The maximum absolute atomic E-state index is 6.48. The van der Waals surface area contributed by atoms with Crippen LogP contribution in [0.2, 0.25) is 15.1 Å². The van der Waals surface area contributed by atoms with Crippen LogP contribution >= 0.6 is 34.8 Å². The van der Waals surface area contributed by atoms with E-state index in [0.29, 0.717) is 15.1 Å². The van der Waals surface area contributed by atoms with E-state index in [1.54, 1.807) is 6.07 Å².